The highest BCUT2D eigenvalue weighted by atomic mass is 16.6. The second-order valence-corrected chi connectivity index (χ2v) is 3.34. The van der Waals surface area contributed by atoms with E-state index in [9.17, 15) is 9.59 Å². The van der Waals surface area contributed by atoms with Gasteiger partial charge in [0.2, 0.25) is 11.5 Å². The van der Waals surface area contributed by atoms with Crippen molar-refractivity contribution in [1.82, 2.24) is 0 Å². The second kappa shape index (κ2) is 5.34. The fourth-order valence-corrected chi connectivity index (χ4v) is 1.03. The van der Waals surface area contributed by atoms with Crippen LogP contribution in [0.5, 0.6) is 0 Å². The summed E-state index contributed by atoms with van der Waals surface area (Å²) >= 11 is 0. The lowest BCUT2D eigenvalue weighted by Gasteiger charge is -2.04. The van der Waals surface area contributed by atoms with Crippen molar-refractivity contribution in [1.29, 1.82) is 0 Å². The highest BCUT2D eigenvalue weighted by molar-refractivity contribution is 5.90. The number of furan rings is 1. The molecule has 0 saturated carbocycles. The van der Waals surface area contributed by atoms with Crippen molar-refractivity contribution in [3.05, 3.63) is 23.7 Å². The molecule has 0 amide bonds. The molecule has 1 aromatic rings. The van der Waals surface area contributed by atoms with Crippen molar-refractivity contribution < 1.29 is 23.5 Å². The first-order valence-electron chi connectivity index (χ1n) is 5.02. The zero-order valence-corrected chi connectivity index (χ0v) is 9.48. The van der Waals surface area contributed by atoms with E-state index in [4.69, 9.17) is 13.9 Å². The van der Waals surface area contributed by atoms with Crippen molar-refractivity contribution in [2.24, 2.45) is 0 Å². The van der Waals surface area contributed by atoms with Gasteiger partial charge >= 0.3 is 11.9 Å². The number of hydrogen-bond acceptors (Lipinski definition) is 5. The van der Waals surface area contributed by atoms with Crippen molar-refractivity contribution in [3.8, 4) is 0 Å². The molecule has 0 bridgehead atoms. The van der Waals surface area contributed by atoms with Crippen LogP contribution in [0.3, 0.4) is 0 Å². The van der Waals surface area contributed by atoms with Crippen LogP contribution in [0.4, 0.5) is 0 Å². The van der Waals surface area contributed by atoms with Crippen LogP contribution in [0, 0.1) is 0 Å². The van der Waals surface area contributed by atoms with Crippen molar-refractivity contribution in [3.63, 3.8) is 0 Å². The van der Waals surface area contributed by atoms with Crippen LogP contribution in [0.15, 0.2) is 16.5 Å². The number of rotatable bonds is 4. The van der Waals surface area contributed by atoms with Gasteiger partial charge in [-0.2, -0.15) is 0 Å². The van der Waals surface area contributed by atoms with E-state index in [2.05, 4.69) is 0 Å². The van der Waals surface area contributed by atoms with E-state index in [0.29, 0.717) is 0 Å². The molecule has 88 valence electrons. The fraction of sp³-hybridized carbons (Fsp3) is 0.455. The van der Waals surface area contributed by atoms with E-state index in [-0.39, 0.29) is 24.2 Å². The molecule has 5 heteroatoms. The molecule has 1 heterocycles. The topological polar surface area (TPSA) is 65.7 Å². The summed E-state index contributed by atoms with van der Waals surface area (Å²) in [7, 11) is 0. The standard InChI is InChI=1S/C11H14O5/c1-4-14-10(12)8-5-6-9(16-8)11(13)15-7(2)3/h5-7H,4H2,1-3H3. The number of esters is 2. The molecule has 16 heavy (non-hydrogen) atoms. The summed E-state index contributed by atoms with van der Waals surface area (Å²) in [5, 5.41) is 0. The Bertz CT molecular complexity index is 377. The molecule has 0 saturated heterocycles. The van der Waals surface area contributed by atoms with E-state index >= 15 is 0 Å². The van der Waals surface area contributed by atoms with Crippen molar-refractivity contribution in [2.75, 3.05) is 6.61 Å². The third-order valence-corrected chi connectivity index (χ3v) is 1.63. The highest BCUT2D eigenvalue weighted by Gasteiger charge is 2.18. The molecule has 0 fully saturated rings. The molecule has 0 radical (unpaired) electrons. The minimum atomic E-state index is -0.592. The predicted molar refractivity (Wildman–Crippen MR) is 55.2 cm³/mol. The predicted octanol–water partition coefficient (Wildman–Crippen LogP) is 2.02. The molecule has 1 rings (SSSR count). The van der Waals surface area contributed by atoms with Gasteiger partial charge in [-0.15, -0.1) is 0 Å². The van der Waals surface area contributed by atoms with Crippen LogP contribution >= 0.6 is 0 Å². The van der Waals surface area contributed by atoms with Crippen LogP contribution in [-0.4, -0.2) is 24.6 Å². The lowest BCUT2D eigenvalue weighted by atomic mass is 10.4. The van der Waals surface area contributed by atoms with Gasteiger partial charge in [-0.3, -0.25) is 0 Å². The maximum absolute atomic E-state index is 11.4. The Morgan fingerprint density at radius 3 is 2.31 bits per heavy atom. The zero-order valence-electron chi connectivity index (χ0n) is 9.48. The van der Waals surface area contributed by atoms with Gasteiger partial charge in [0.15, 0.2) is 0 Å². The third-order valence-electron chi connectivity index (χ3n) is 1.63. The van der Waals surface area contributed by atoms with Gasteiger partial charge in [-0.1, -0.05) is 0 Å². The molecule has 0 atom stereocenters. The Balaban J connectivity index is 2.71. The van der Waals surface area contributed by atoms with Gasteiger partial charge < -0.3 is 13.9 Å². The Labute approximate surface area is 93.3 Å². The Kier molecular flexibility index (Phi) is 4.10. The van der Waals surface area contributed by atoms with Gasteiger partial charge in [0, 0.05) is 0 Å². The van der Waals surface area contributed by atoms with Crippen LogP contribution in [0.1, 0.15) is 41.9 Å². The molecule has 0 aromatic carbocycles. The summed E-state index contributed by atoms with van der Waals surface area (Å²) in [5.41, 5.74) is 0. The van der Waals surface area contributed by atoms with E-state index in [0.717, 1.165) is 0 Å². The first-order valence-corrected chi connectivity index (χ1v) is 5.02. The Morgan fingerprint density at radius 1 is 1.25 bits per heavy atom. The Morgan fingerprint density at radius 2 is 1.81 bits per heavy atom. The molecule has 0 unspecified atom stereocenters. The normalized spacial score (nSPS) is 10.2. The highest BCUT2D eigenvalue weighted by Crippen LogP contribution is 2.11. The number of hydrogen-bond donors (Lipinski definition) is 0. The average molecular weight is 226 g/mol. The number of ether oxygens (including phenoxy) is 2. The van der Waals surface area contributed by atoms with Crippen LogP contribution < -0.4 is 0 Å². The molecule has 0 spiro atoms. The van der Waals surface area contributed by atoms with E-state index in [1.54, 1.807) is 20.8 Å². The smallest absolute Gasteiger partial charge is 0.374 e. The largest absolute Gasteiger partial charge is 0.460 e. The number of carbonyl (C=O) groups excluding carboxylic acids is 2. The quantitative estimate of drug-likeness (QED) is 0.735. The Hall–Kier alpha value is -1.78. The molecule has 0 aliphatic heterocycles. The lowest BCUT2D eigenvalue weighted by Crippen LogP contribution is -2.10. The lowest BCUT2D eigenvalue weighted by molar-refractivity contribution is 0.0334. The fourth-order valence-electron chi connectivity index (χ4n) is 1.03. The summed E-state index contributed by atoms with van der Waals surface area (Å²) < 4.78 is 14.6. The summed E-state index contributed by atoms with van der Waals surface area (Å²) in [4.78, 5) is 22.6. The average Bonchev–Trinajstić information content (AvgIpc) is 2.65. The van der Waals surface area contributed by atoms with Crippen molar-refractivity contribution in [2.45, 2.75) is 26.9 Å². The van der Waals surface area contributed by atoms with Gasteiger partial charge in [0.05, 0.1) is 12.7 Å². The van der Waals surface area contributed by atoms with E-state index < -0.39 is 11.9 Å². The molecule has 0 aliphatic carbocycles. The molecule has 0 N–H and O–H groups in total. The van der Waals surface area contributed by atoms with E-state index in [1.807, 2.05) is 0 Å². The van der Waals surface area contributed by atoms with Gasteiger partial charge in [-0.25, -0.2) is 9.59 Å². The summed E-state index contributed by atoms with van der Waals surface area (Å²) in [6, 6.07) is 2.77. The summed E-state index contributed by atoms with van der Waals surface area (Å²) in [5.74, 6) is -1.19. The SMILES string of the molecule is CCOC(=O)c1ccc(C(=O)OC(C)C)o1. The molecular weight excluding hydrogens is 212 g/mol. The first-order chi connectivity index (χ1) is 7.54. The minimum Gasteiger partial charge on any atom is -0.460 e. The van der Waals surface area contributed by atoms with Gasteiger partial charge in [-0.05, 0) is 32.9 Å². The van der Waals surface area contributed by atoms with Crippen LogP contribution in [0.25, 0.3) is 0 Å². The minimum absolute atomic E-state index is 0.00226. The molecular formula is C11H14O5. The zero-order chi connectivity index (χ0) is 12.1. The first kappa shape index (κ1) is 12.3. The summed E-state index contributed by atoms with van der Waals surface area (Å²) in [6.07, 6.45) is -0.233. The molecule has 1 aromatic heterocycles. The van der Waals surface area contributed by atoms with Crippen LogP contribution in [-0.2, 0) is 9.47 Å². The second-order valence-electron chi connectivity index (χ2n) is 3.34. The molecule has 5 nitrogen and oxygen atoms in total. The third kappa shape index (κ3) is 3.12. The van der Waals surface area contributed by atoms with Gasteiger partial charge in [0.25, 0.3) is 0 Å². The monoisotopic (exact) mass is 226 g/mol. The maximum atomic E-state index is 11.4. The molecule has 0 aliphatic rings. The van der Waals surface area contributed by atoms with Crippen LogP contribution in [0.2, 0.25) is 0 Å². The van der Waals surface area contributed by atoms with Crippen molar-refractivity contribution >= 4 is 11.9 Å². The van der Waals surface area contributed by atoms with Gasteiger partial charge in [0.1, 0.15) is 0 Å². The summed E-state index contributed by atoms with van der Waals surface area (Å²) in [6.45, 7) is 5.40. The number of carbonyl (C=O) groups is 2. The maximum Gasteiger partial charge on any atom is 0.374 e. The van der Waals surface area contributed by atoms with E-state index in [1.165, 1.54) is 12.1 Å².